The first kappa shape index (κ1) is 22.9. The Kier molecular flexibility index (Phi) is 6.01. The molecule has 2 aliphatic heterocycles. The summed E-state index contributed by atoms with van der Waals surface area (Å²) in [6, 6.07) is 16.6. The number of hydrogen-bond acceptors (Lipinski definition) is 6. The zero-order chi connectivity index (χ0) is 24.5. The average Bonchev–Trinajstić information content (AvgIpc) is 3.29. The van der Waals surface area contributed by atoms with Crippen molar-refractivity contribution >= 4 is 29.8 Å². The van der Waals surface area contributed by atoms with Gasteiger partial charge in [0.1, 0.15) is 5.54 Å². The van der Waals surface area contributed by atoms with Gasteiger partial charge in [0, 0.05) is 12.6 Å². The molecule has 172 valence electrons. The molecule has 4 rings (SSSR count). The quantitative estimate of drug-likeness (QED) is 0.531. The Hall–Kier alpha value is -4.29. The molecular weight excluding hydrogens is 438 g/mol. The van der Waals surface area contributed by atoms with Gasteiger partial charge in [0.15, 0.2) is 0 Å². The number of aliphatic carboxylic acids is 2. The molecule has 9 heteroatoms. The van der Waals surface area contributed by atoms with Crippen LogP contribution in [-0.2, 0) is 19.2 Å². The van der Waals surface area contributed by atoms with Crippen LogP contribution in [0.15, 0.2) is 60.7 Å². The summed E-state index contributed by atoms with van der Waals surface area (Å²) >= 11 is 0. The summed E-state index contributed by atoms with van der Waals surface area (Å²) in [4.78, 5) is 51.8. The SMILES string of the molecule is N#Cc1ccccc1C1NC(CC(=O)O)(C(=O)O)C2C(=O)N(CC=Cc3ccccc3)C(=O)C12. The first-order valence-electron chi connectivity index (χ1n) is 10.6. The zero-order valence-corrected chi connectivity index (χ0v) is 17.9. The lowest BCUT2D eigenvalue weighted by Gasteiger charge is -2.29. The molecule has 4 atom stereocenters. The van der Waals surface area contributed by atoms with Gasteiger partial charge >= 0.3 is 11.9 Å². The molecule has 9 nitrogen and oxygen atoms in total. The fourth-order valence-corrected chi connectivity index (χ4v) is 4.91. The number of carbonyl (C=O) groups excluding carboxylic acids is 2. The van der Waals surface area contributed by atoms with Gasteiger partial charge in [-0.15, -0.1) is 0 Å². The lowest BCUT2D eigenvalue weighted by Crippen LogP contribution is -2.57. The van der Waals surface area contributed by atoms with Crippen molar-refractivity contribution in [3.63, 3.8) is 0 Å². The number of carboxylic acids is 2. The number of amides is 2. The summed E-state index contributed by atoms with van der Waals surface area (Å²) in [6.45, 7) is -0.0883. The van der Waals surface area contributed by atoms with Gasteiger partial charge in [0.05, 0.1) is 29.9 Å². The largest absolute Gasteiger partial charge is 0.481 e. The lowest BCUT2D eigenvalue weighted by atomic mass is 9.77. The maximum atomic E-state index is 13.4. The van der Waals surface area contributed by atoms with Crippen LogP contribution in [0.2, 0.25) is 0 Å². The van der Waals surface area contributed by atoms with E-state index in [4.69, 9.17) is 0 Å². The third-order valence-electron chi connectivity index (χ3n) is 6.37. The highest BCUT2D eigenvalue weighted by molar-refractivity contribution is 6.10. The van der Waals surface area contributed by atoms with Crippen molar-refractivity contribution < 1.29 is 29.4 Å². The molecule has 2 saturated heterocycles. The maximum Gasteiger partial charge on any atom is 0.325 e. The van der Waals surface area contributed by atoms with Crippen molar-refractivity contribution in [2.45, 2.75) is 18.0 Å². The smallest absolute Gasteiger partial charge is 0.325 e. The van der Waals surface area contributed by atoms with Crippen LogP contribution in [0.4, 0.5) is 0 Å². The Bertz CT molecular complexity index is 1230. The highest BCUT2D eigenvalue weighted by atomic mass is 16.4. The third-order valence-corrected chi connectivity index (χ3v) is 6.37. The van der Waals surface area contributed by atoms with Gasteiger partial charge in [-0.3, -0.25) is 29.4 Å². The lowest BCUT2D eigenvalue weighted by molar-refractivity contribution is -0.155. The van der Waals surface area contributed by atoms with Crippen LogP contribution in [0, 0.1) is 23.2 Å². The molecule has 2 fully saturated rings. The molecule has 2 aromatic rings. The molecule has 4 unspecified atom stereocenters. The van der Waals surface area contributed by atoms with Gasteiger partial charge in [0.25, 0.3) is 0 Å². The second-order valence-electron chi connectivity index (χ2n) is 8.27. The molecule has 0 aromatic heterocycles. The maximum absolute atomic E-state index is 13.4. The van der Waals surface area contributed by atoms with Crippen LogP contribution in [0.5, 0.6) is 0 Å². The number of nitrogens with one attached hydrogen (secondary N) is 1. The van der Waals surface area contributed by atoms with E-state index in [1.165, 1.54) is 6.07 Å². The molecule has 3 N–H and O–H groups in total. The van der Waals surface area contributed by atoms with Gasteiger partial charge in [-0.25, -0.2) is 0 Å². The Morgan fingerprint density at radius 3 is 2.38 bits per heavy atom. The number of fused-ring (bicyclic) bond motifs is 1. The van der Waals surface area contributed by atoms with Crippen molar-refractivity contribution in [1.29, 1.82) is 5.26 Å². The predicted octanol–water partition coefficient (Wildman–Crippen LogP) is 1.82. The van der Waals surface area contributed by atoms with Crippen molar-refractivity contribution in [1.82, 2.24) is 10.2 Å². The summed E-state index contributed by atoms with van der Waals surface area (Å²) in [5.74, 6) is -6.92. The van der Waals surface area contributed by atoms with E-state index >= 15 is 0 Å². The minimum atomic E-state index is -2.20. The predicted molar refractivity (Wildman–Crippen MR) is 119 cm³/mol. The van der Waals surface area contributed by atoms with Gasteiger partial charge < -0.3 is 10.2 Å². The number of nitriles is 1. The fraction of sp³-hybridized carbons (Fsp3) is 0.240. The molecule has 0 saturated carbocycles. The number of hydrogen-bond donors (Lipinski definition) is 3. The Labute approximate surface area is 194 Å². The summed E-state index contributed by atoms with van der Waals surface area (Å²) in [5.41, 5.74) is -0.793. The van der Waals surface area contributed by atoms with Gasteiger partial charge in [-0.2, -0.15) is 5.26 Å². The van der Waals surface area contributed by atoms with Crippen LogP contribution in [0.3, 0.4) is 0 Å². The van der Waals surface area contributed by atoms with E-state index in [1.54, 1.807) is 30.4 Å². The molecule has 2 aromatic carbocycles. The normalized spacial score (nSPS) is 26.0. The summed E-state index contributed by atoms with van der Waals surface area (Å²) in [7, 11) is 0. The summed E-state index contributed by atoms with van der Waals surface area (Å²) in [6.07, 6.45) is 2.45. The first-order chi connectivity index (χ1) is 16.3. The number of likely N-dealkylation sites (tertiary alicyclic amines) is 1. The second-order valence-corrected chi connectivity index (χ2v) is 8.27. The number of nitrogens with zero attached hydrogens (tertiary/aromatic N) is 2. The van der Waals surface area contributed by atoms with E-state index in [9.17, 15) is 34.7 Å². The molecule has 2 aliphatic rings. The molecule has 2 amide bonds. The molecule has 34 heavy (non-hydrogen) atoms. The number of carboxylic acid groups (broad SMARTS) is 2. The summed E-state index contributed by atoms with van der Waals surface area (Å²) < 4.78 is 0. The number of benzene rings is 2. The topological polar surface area (TPSA) is 148 Å². The van der Waals surface area contributed by atoms with Crippen LogP contribution >= 0.6 is 0 Å². The second kappa shape index (κ2) is 8.92. The van der Waals surface area contributed by atoms with Gasteiger partial charge in [-0.1, -0.05) is 60.7 Å². The number of imide groups is 1. The standard InChI is InChI=1S/C25H21N3O6/c26-14-16-10-4-5-11-17(16)21-19-20(25(27-21,24(33)34)13-18(29)30)23(32)28(22(19)31)12-6-9-15-7-2-1-3-8-15/h1-11,19-21,27H,12-13H2,(H,29,30)(H,33,34). The highest BCUT2D eigenvalue weighted by Crippen LogP contribution is 2.50. The molecule has 0 bridgehead atoms. The molecule has 2 heterocycles. The van der Waals surface area contributed by atoms with Crippen LogP contribution < -0.4 is 5.32 Å². The van der Waals surface area contributed by atoms with E-state index in [1.807, 2.05) is 36.4 Å². The monoisotopic (exact) mass is 459 g/mol. The number of carbonyl (C=O) groups is 4. The van der Waals surface area contributed by atoms with E-state index in [-0.39, 0.29) is 12.1 Å². The fourth-order valence-electron chi connectivity index (χ4n) is 4.91. The minimum Gasteiger partial charge on any atom is -0.481 e. The minimum absolute atomic E-state index is 0.0883. The molecule has 0 radical (unpaired) electrons. The van der Waals surface area contributed by atoms with E-state index in [0.717, 1.165) is 10.5 Å². The first-order valence-corrected chi connectivity index (χ1v) is 10.6. The molecule has 0 aliphatic carbocycles. The Morgan fingerprint density at radius 1 is 1.06 bits per heavy atom. The van der Waals surface area contributed by atoms with E-state index in [2.05, 4.69) is 5.32 Å². The van der Waals surface area contributed by atoms with Crippen LogP contribution in [-0.4, -0.2) is 50.9 Å². The van der Waals surface area contributed by atoms with Crippen molar-refractivity contribution in [2.75, 3.05) is 6.54 Å². The Balaban J connectivity index is 1.75. The zero-order valence-electron chi connectivity index (χ0n) is 17.9. The van der Waals surface area contributed by atoms with Gasteiger partial charge in [0.2, 0.25) is 11.8 Å². The third kappa shape index (κ3) is 3.74. The molecule has 0 spiro atoms. The highest BCUT2D eigenvalue weighted by Gasteiger charge is 2.69. The van der Waals surface area contributed by atoms with E-state index < -0.39 is 53.6 Å². The average molecular weight is 459 g/mol. The van der Waals surface area contributed by atoms with Crippen molar-refractivity contribution in [3.8, 4) is 6.07 Å². The summed E-state index contributed by atoms with van der Waals surface area (Å²) in [5, 5.41) is 31.9. The van der Waals surface area contributed by atoms with Crippen LogP contribution in [0.25, 0.3) is 6.08 Å². The van der Waals surface area contributed by atoms with Crippen LogP contribution in [0.1, 0.15) is 29.2 Å². The van der Waals surface area contributed by atoms with Crippen molar-refractivity contribution in [3.05, 3.63) is 77.4 Å². The Morgan fingerprint density at radius 2 is 1.74 bits per heavy atom. The van der Waals surface area contributed by atoms with Gasteiger partial charge in [-0.05, 0) is 17.2 Å². The number of rotatable bonds is 7. The van der Waals surface area contributed by atoms with E-state index in [0.29, 0.717) is 5.56 Å². The molecular formula is C25H21N3O6. The van der Waals surface area contributed by atoms with Crippen molar-refractivity contribution in [2.24, 2.45) is 11.8 Å².